The fourth-order valence-electron chi connectivity index (χ4n) is 3.27. The number of hydrogen-bond donors (Lipinski definition) is 0. The third-order valence-electron chi connectivity index (χ3n) is 4.50. The van der Waals surface area contributed by atoms with Gasteiger partial charge in [0.15, 0.2) is 0 Å². The number of fused-ring (bicyclic) bond motifs is 1. The number of likely N-dealkylation sites (N-methyl/N-ethyl adjacent to an activating group) is 1. The third-order valence-corrected chi connectivity index (χ3v) is 4.50. The topological polar surface area (TPSA) is 46.4 Å². The van der Waals surface area contributed by atoms with E-state index in [0.29, 0.717) is 13.2 Å². The molecule has 2 heterocycles. The molecule has 0 aliphatic carbocycles. The number of benzene rings is 1. The Morgan fingerprint density at radius 1 is 1.28 bits per heavy atom. The summed E-state index contributed by atoms with van der Waals surface area (Å²) in [5.74, 6) is 0.0390. The molecule has 1 atom stereocenters. The fraction of sp³-hybridized carbons (Fsp3) is 0.556. The summed E-state index contributed by atoms with van der Waals surface area (Å²) >= 11 is 0. The molecular weight excluding hydrogens is 321 g/mol. The van der Waals surface area contributed by atoms with Crippen molar-refractivity contribution in [3.8, 4) is 0 Å². The second kappa shape index (κ2) is 8.03. The maximum atomic E-state index is 13.1. The average molecular weight is 347 g/mol. The van der Waals surface area contributed by atoms with Crippen molar-refractivity contribution >= 4 is 0 Å². The Balaban J connectivity index is 1.66. The zero-order valence-electron chi connectivity index (χ0n) is 15.2. The van der Waals surface area contributed by atoms with Crippen LogP contribution in [0.25, 0.3) is 0 Å². The summed E-state index contributed by atoms with van der Waals surface area (Å²) in [5.41, 5.74) is 3.28. The lowest BCUT2D eigenvalue weighted by atomic mass is 9.98. The molecule has 0 bridgehead atoms. The number of halogens is 1. The molecule has 3 rings (SSSR count). The molecule has 136 valence electrons. The van der Waals surface area contributed by atoms with Crippen LogP contribution in [0.4, 0.5) is 4.39 Å². The highest BCUT2D eigenvalue weighted by molar-refractivity contribution is 5.21. The predicted octanol–water partition coefficient (Wildman–Crippen LogP) is 1.63. The van der Waals surface area contributed by atoms with E-state index >= 15 is 0 Å². The molecule has 2 aromatic rings. The van der Waals surface area contributed by atoms with E-state index < -0.39 is 0 Å². The van der Waals surface area contributed by atoms with Crippen LogP contribution < -0.4 is 0 Å². The zero-order valence-corrected chi connectivity index (χ0v) is 15.2. The summed E-state index contributed by atoms with van der Waals surface area (Å²) in [6, 6.07) is 6.69. The lowest BCUT2D eigenvalue weighted by Gasteiger charge is -2.32. The van der Waals surface area contributed by atoms with Crippen LogP contribution in [0, 0.1) is 5.82 Å². The van der Waals surface area contributed by atoms with Crippen molar-refractivity contribution in [3.63, 3.8) is 0 Å². The molecule has 0 radical (unpaired) electrons. The summed E-state index contributed by atoms with van der Waals surface area (Å²) in [7, 11) is 6.02. The summed E-state index contributed by atoms with van der Waals surface area (Å²) in [4.78, 5) is 4.43. The first-order valence-corrected chi connectivity index (χ1v) is 8.60. The van der Waals surface area contributed by atoms with Gasteiger partial charge >= 0.3 is 0 Å². The van der Waals surface area contributed by atoms with E-state index in [9.17, 15) is 4.39 Å². The van der Waals surface area contributed by atoms with Crippen LogP contribution >= 0.6 is 0 Å². The first-order chi connectivity index (χ1) is 12.0. The minimum absolute atomic E-state index is 0.203. The molecular formula is C18H26FN5O. The van der Waals surface area contributed by atoms with E-state index in [1.54, 1.807) is 0 Å². The molecule has 0 unspecified atom stereocenters. The van der Waals surface area contributed by atoms with Crippen molar-refractivity contribution in [2.45, 2.75) is 19.0 Å². The Labute approximate surface area is 148 Å². The molecule has 1 aliphatic heterocycles. The molecule has 1 aliphatic rings. The van der Waals surface area contributed by atoms with E-state index in [1.165, 1.54) is 17.8 Å². The van der Waals surface area contributed by atoms with Crippen molar-refractivity contribution in [3.05, 3.63) is 47.0 Å². The molecule has 25 heavy (non-hydrogen) atoms. The van der Waals surface area contributed by atoms with E-state index in [1.807, 2.05) is 38.0 Å². The van der Waals surface area contributed by atoms with Gasteiger partial charge in [-0.25, -0.2) is 4.39 Å². The maximum Gasteiger partial charge on any atom is 0.123 e. The Kier molecular flexibility index (Phi) is 5.78. The zero-order chi connectivity index (χ0) is 17.8. The van der Waals surface area contributed by atoms with Gasteiger partial charge < -0.3 is 9.64 Å². The van der Waals surface area contributed by atoms with Crippen molar-refractivity contribution in [2.24, 2.45) is 7.05 Å². The maximum absolute atomic E-state index is 13.1. The van der Waals surface area contributed by atoms with E-state index in [0.717, 1.165) is 37.4 Å². The molecule has 1 aromatic heterocycles. The number of hydrogen-bond acceptors (Lipinski definition) is 5. The van der Waals surface area contributed by atoms with Crippen LogP contribution in [0.5, 0.6) is 0 Å². The standard InChI is InChI=1S/C18H26FN5O/c1-22(2)8-9-25-13-15-11-24(10-14-4-6-16(19)7-5-14)12-17-18(15)23(3)21-20-17/h4-7,15H,8-13H2,1-3H3/t15-/m0/s1. The number of rotatable bonds is 7. The largest absolute Gasteiger partial charge is 0.379 e. The van der Waals surface area contributed by atoms with Gasteiger partial charge in [0.25, 0.3) is 0 Å². The quantitative estimate of drug-likeness (QED) is 0.713. The van der Waals surface area contributed by atoms with Crippen LogP contribution in [0.1, 0.15) is 22.9 Å². The lowest BCUT2D eigenvalue weighted by molar-refractivity contribution is 0.0834. The summed E-state index contributed by atoms with van der Waals surface area (Å²) in [5, 5.41) is 8.50. The lowest BCUT2D eigenvalue weighted by Crippen LogP contribution is -2.36. The van der Waals surface area contributed by atoms with Crippen LogP contribution in [0.15, 0.2) is 24.3 Å². The first-order valence-electron chi connectivity index (χ1n) is 8.60. The van der Waals surface area contributed by atoms with E-state index in [4.69, 9.17) is 4.74 Å². The Morgan fingerprint density at radius 2 is 2.04 bits per heavy atom. The molecule has 0 amide bonds. The molecule has 0 spiro atoms. The molecule has 6 nitrogen and oxygen atoms in total. The van der Waals surface area contributed by atoms with Gasteiger partial charge in [0.2, 0.25) is 0 Å². The second-order valence-corrected chi connectivity index (χ2v) is 6.92. The molecule has 1 aromatic carbocycles. The summed E-state index contributed by atoms with van der Waals surface area (Å²) in [6.45, 7) is 4.68. The van der Waals surface area contributed by atoms with Crippen molar-refractivity contribution < 1.29 is 9.13 Å². The van der Waals surface area contributed by atoms with Crippen LogP contribution in [-0.4, -0.2) is 65.2 Å². The van der Waals surface area contributed by atoms with Gasteiger partial charge in [-0.1, -0.05) is 17.3 Å². The van der Waals surface area contributed by atoms with Gasteiger partial charge in [-0.15, -0.1) is 5.10 Å². The first kappa shape index (κ1) is 18.0. The number of aryl methyl sites for hydroxylation is 1. The minimum Gasteiger partial charge on any atom is -0.379 e. The Morgan fingerprint density at radius 3 is 2.76 bits per heavy atom. The van der Waals surface area contributed by atoms with E-state index in [-0.39, 0.29) is 11.7 Å². The van der Waals surface area contributed by atoms with Gasteiger partial charge in [-0.05, 0) is 31.8 Å². The number of ether oxygens (including phenoxy) is 1. The number of aromatic nitrogens is 3. The number of nitrogens with zero attached hydrogens (tertiary/aromatic N) is 5. The molecule has 0 saturated heterocycles. The van der Waals surface area contributed by atoms with Gasteiger partial charge in [0.05, 0.1) is 18.9 Å². The second-order valence-electron chi connectivity index (χ2n) is 6.92. The van der Waals surface area contributed by atoms with Gasteiger partial charge in [-0.3, -0.25) is 9.58 Å². The SMILES string of the molecule is CN(C)CCOC[C@@H]1CN(Cc2ccc(F)cc2)Cc2nnn(C)c21. The minimum atomic E-state index is -0.203. The predicted molar refractivity (Wildman–Crippen MR) is 93.6 cm³/mol. The van der Waals surface area contributed by atoms with Crippen LogP contribution in [-0.2, 0) is 24.9 Å². The Hall–Kier alpha value is -1.83. The highest BCUT2D eigenvalue weighted by Gasteiger charge is 2.30. The third kappa shape index (κ3) is 4.62. The Bertz CT molecular complexity index is 685. The smallest absolute Gasteiger partial charge is 0.123 e. The van der Waals surface area contributed by atoms with Crippen molar-refractivity contribution in [1.29, 1.82) is 0 Å². The summed E-state index contributed by atoms with van der Waals surface area (Å²) in [6.07, 6.45) is 0. The van der Waals surface area contributed by atoms with Gasteiger partial charge in [0.1, 0.15) is 11.5 Å². The average Bonchev–Trinajstić information content (AvgIpc) is 2.95. The van der Waals surface area contributed by atoms with Gasteiger partial charge in [-0.2, -0.15) is 0 Å². The normalized spacial score (nSPS) is 17.9. The van der Waals surface area contributed by atoms with E-state index in [2.05, 4.69) is 20.1 Å². The highest BCUT2D eigenvalue weighted by Crippen LogP contribution is 2.27. The molecule has 0 fully saturated rings. The summed E-state index contributed by atoms with van der Waals surface area (Å²) < 4.78 is 20.9. The molecule has 0 N–H and O–H groups in total. The fourth-order valence-corrected chi connectivity index (χ4v) is 3.27. The van der Waals surface area contributed by atoms with Crippen LogP contribution in [0.3, 0.4) is 0 Å². The van der Waals surface area contributed by atoms with Gasteiger partial charge in [0, 0.05) is 39.1 Å². The van der Waals surface area contributed by atoms with Crippen molar-refractivity contribution in [1.82, 2.24) is 24.8 Å². The highest BCUT2D eigenvalue weighted by atomic mass is 19.1. The monoisotopic (exact) mass is 347 g/mol. The van der Waals surface area contributed by atoms with Crippen LogP contribution in [0.2, 0.25) is 0 Å². The molecule has 0 saturated carbocycles. The molecule has 7 heteroatoms. The van der Waals surface area contributed by atoms with Crippen molar-refractivity contribution in [2.75, 3.05) is 40.4 Å².